The fraction of sp³-hybridized carbons (Fsp3) is 0.783. The van der Waals surface area contributed by atoms with E-state index in [1.165, 1.54) is 109 Å². The number of pyridine rings is 1. The van der Waals surface area contributed by atoms with Crippen molar-refractivity contribution in [2.75, 3.05) is 18.0 Å². The van der Waals surface area contributed by atoms with E-state index in [2.05, 4.69) is 35.9 Å². The van der Waals surface area contributed by atoms with Crippen molar-refractivity contribution in [2.24, 2.45) is 0 Å². The first-order valence-corrected chi connectivity index (χ1v) is 11.0. The molecule has 0 fully saturated rings. The Morgan fingerprint density at radius 1 is 0.600 bits per heavy atom. The minimum atomic E-state index is 1.20. The third-order valence-electron chi connectivity index (χ3n) is 5.09. The van der Waals surface area contributed by atoms with E-state index < -0.39 is 0 Å². The number of aromatic nitrogens is 1. The van der Waals surface area contributed by atoms with Crippen LogP contribution in [-0.2, 0) is 0 Å². The van der Waals surface area contributed by atoms with Gasteiger partial charge in [0.1, 0.15) is 0 Å². The highest BCUT2D eigenvalue weighted by molar-refractivity contribution is 5.44. The van der Waals surface area contributed by atoms with Crippen molar-refractivity contribution in [3.63, 3.8) is 0 Å². The van der Waals surface area contributed by atoms with Gasteiger partial charge in [-0.25, -0.2) is 0 Å². The molecule has 0 bridgehead atoms. The molecule has 0 radical (unpaired) electrons. The van der Waals surface area contributed by atoms with E-state index in [9.17, 15) is 0 Å². The smallest absolute Gasteiger partial charge is 0.0397 e. The molecule has 0 amide bonds. The normalized spacial score (nSPS) is 11.0. The van der Waals surface area contributed by atoms with Gasteiger partial charge in [-0.1, -0.05) is 90.9 Å². The number of unbranched alkanes of at least 4 members (excludes halogenated alkanes) is 12. The zero-order chi connectivity index (χ0) is 18.0. The summed E-state index contributed by atoms with van der Waals surface area (Å²) < 4.78 is 0. The largest absolute Gasteiger partial charge is 0.371 e. The average Bonchev–Trinajstić information content (AvgIpc) is 2.65. The van der Waals surface area contributed by atoms with Crippen LogP contribution in [0.25, 0.3) is 0 Å². The fourth-order valence-electron chi connectivity index (χ4n) is 3.44. The Morgan fingerprint density at radius 2 is 1.00 bits per heavy atom. The van der Waals surface area contributed by atoms with Crippen molar-refractivity contribution in [3.05, 3.63) is 24.5 Å². The van der Waals surface area contributed by atoms with Crippen molar-refractivity contribution in [2.45, 2.75) is 104 Å². The summed E-state index contributed by atoms with van der Waals surface area (Å²) >= 11 is 0. The fourth-order valence-corrected chi connectivity index (χ4v) is 3.44. The molecule has 2 heteroatoms. The van der Waals surface area contributed by atoms with Gasteiger partial charge in [-0.3, -0.25) is 4.98 Å². The van der Waals surface area contributed by atoms with Gasteiger partial charge >= 0.3 is 0 Å². The van der Waals surface area contributed by atoms with Crippen molar-refractivity contribution in [1.29, 1.82) is 0 Å². The Labute approximate surface area is 157 Å². The third kappa shape index (κ3) is 12.0. The molecule has 0 spiro atoms. The number of rotatable bonds is 17. The molecule has 0 aromatic carbocycles. The molecule has 25 heavy (non-hydrogen) atoms. The van der Waals surface area contributed by atoms with Crippen molar-refractivity contribution in [3.8, 4) is 0 Å². The third-order valence-corrected chi connectivity index (χ3v) is 5.09. The summed E-state index contributed by atoms with van der Waals surface area (Å²) in [4.78, 5) is 6.76. The molecule has 1 heterocycles. The predicted octanol–water partition coefficient (Wildman–Crippen LogP) is 7.39. The van der Waals surface area contributed by atoms with Crippen molar-refractivity contribution >= 4 is 5.69 Å². The van der Waals surface area contributed by atoms with Crippen LogP contribution in [0.1, 0.15) is 104 Å². The molecular formula is C23H42N2. The first-order chi connectivity index (χ1) is 12.4. The summed E-state index contributed by atoms with van der Waals surface area (Å²) in [5.41, 5.74) is 1.35. The lowest BCUT2D eigenvalue weighted by molar-refractivity contribution is 0.564. The second-order valence-electron chi connectivity index (χ2n) is 7.44. The highest BCUT2D eigenvalue weighted by Crippen LogP contribution is 2.16. The van der Waals surface area contributed by atoms with Crippen LogP contribution in [0, 0.1) is 0 Å². The van der Waals surface area contributed by atoms with Gasteiger partial charge in [0.15, 0.2) is 0 Å². The Hall–Kier alpha value is -1.05. The van der Waals surface area contributed by atoms with Gasteiger partial charge < -0.3 is 4.90 Å². The van der Waals surface area contributed by atoms with Gasteiger partial charge in [0.05, 0.1) is 0 Å². The SMILES string of the molecule is CCCCCCCCCN(CCCCCCCCC)c1ccncc1. The molecule has 0 aliphatic carbocycles. The van der Waals surface area contributed by atoms with Crippen molar-refractivity contribution < 1.29 is 0 Å². The van der Waals surface area contributed by atoms with Gasteiger partial charge in [-0.2, -0.15) is 0 Å². The molecule has 0 saturated carbocycles. The molecule has 0 unspecified atom stereocenters. The first kappa shape index (κ1) is 22.0. The summed E-state index contributed by atoms with van der Waals surface area (Å²) in [6, 6.07) is 4.34. The molecule has 0 N–H and O–H groups in total. The van der Waals surface area contributed by atoms with Gasteiger partial charge in [0.25, 0.3) is 0 Å². The lowest BCUT2D eigenvalue weighted by Crippen LogP contribution is -2.25. The minimum Gasteiger partial charge on any atom is -0.371 e. The molecule has 0 aliphatic rings. The van der Waals surface area contributed by atoms with E-state index in [1.807, 2.05) is 12.4 Å². The molecule has 144 valence electrons. The number of anilines is 1. The number of hydrogen-bond acceptors (Lipinski definition) is 2. The minimum absolute atomic E-state index is 1.20. The molecule has 2 nitrogen and oxygen atoms in total. The second kappa shape index (κ2) is 16.4. The van der Waals surface area contributed by atoms with E-state index in [-0.39, 0.29) is 0 Å². The number of nitrogens with zero attached hydrogens (tertiary/aromatic N) is 2. The van der Waals surface area contributed by atoms with Crippen LogP contribution in [0.4, 0.5) is 5.69 Å². The highest BCUT2D eigenvalue weighted by atomic mass is 15.1. The highest BCUT2D eigenvalue weighted by Gasteiger charge is 2.06. The maximum absolute atomic E-state index is 4.18. The van der Waals surface area contributed by atoms with E-state index >= 15 is 0 Å². The van der Waals surface area contributed by atoms with Crippen LogP contribution >= 0.6 is 0 Å². The lowest BCUT2D eigenvalue weighted by atomic mass is 10.1. The maximum atomic E-state index is 4.18. The topological polar surface area (TPSA) is 16.1 Å². The Balaban J connectivity index is 2.21. The monoisotopic (exact) mass is 346 g/mol. The Kier molecular flexibility index (Phi) is 14.4. The van der Waals surface area contributed by atoms with Crippen LogP contribution in [0.2, 0.25) is 0 Å². The summed E-state index contributed by atoms with van der Waals surface area (Å²) in [5, 5.41) is 0. The average molecular weight is 347 g/mol. The lowest BCUT2D eigenvalue weighted by Gasteiger charge is -2.25. The molecule has 0 atom stereocenters. The quantitative estimate of drug-likeness (QED) is 0.273. The van der Waals surface area contributed by atoms with E-state index in [0.29, 0.717) is 0 Å². The zero-order valence-corrected chi connectivity index (χ0v) is 17.0. The number of hydrogen-bond donors (Lipinski definition) is 0. The standard InChI is InChI=1S/C23H42N2/c1-3-5-7-9-11-13-15-21-25(23-17-19-24-20-18-23)22-16-14-12-10-8-6-4-2/h17-20H,3-16,21-22H2,1-2H3. The van der Waals surface area contributed by atoms with Crippen LogP contribution in [0.15, 0.2) is 24.5 Å². The van der Waals surface area contributed by atoms with Crippen LogP contribution in [0.3, 0.4) is 0 Å². The Morgan fingerprint density at radius 3 is 1.44 bits per heavy atom. The summed E-state index contributed by atoms with van der Waals surface area (Å²) in [6.07, 6.45) is 23.2. The molecule has 1 rings (SSSR count). The first-order valence-electron chi connectivity index (χ1n) is 11.0. The molecule has 0 aliphatic heterocycles. The van der Waals surface area contributed by atoms with E-state index in [1.54, 1.807) is 0 Å². The van der Waals surface area contributed by atoms with Crippen LogP contribution in [-0.4, -0.2) is 18.1 Å². The van der Waals surface area contributed by atoms with E-state index in [4.69, 9.17) is 0 Å². The molecule has 0 saturated heterocycles. The van der Waals surface area contributed by atoms with Gasteiger partial charge in [-0.05, 0) is 25.0 Å². The van der Waals surface area contributed by atoms with Crippen LogP contribution < -0.4 is 4.90 Å². The maximum Gasteiger partial charge on any atom is 0.0397 e. The summed E-state index contributed by atoms with van der Waals surface area (Å²) in [7, 11) is 0. The Bertz CT molecular complexity index is 359. The predicted molar refractivity (Wildman–Crippen MR) is 112 cm³/mol. The summed E-state index contributed by atoms with van der Waals surface area (Å²) in [5.74, 6) is 0. The summed E-state index contributed by atoms with van der Waals surface area (Å²) in [6.45, 7) is 6.98. The van der Waals surface area contributed by atoms with Gasteiger partial charge in [0.2, 0.25) is 0 Å². The molecule has 1 aromatic heterocycles. The second-order valence-corrected chi connectivity index (χ2v) is 7.44. The zero-order valence-electron chi connectivity index (χ0n) is 17.0. The van der Waals surface area contributed by atoms with Crippen LogP contribution in [0.5, 0.6) is 0 Å². The van der Waals surface area contributed by atoms with Crippen molar-refractivity contribution in [1.82, 2.24) is 4.98 Å². The molecular weight excluding hydrogens is 304 g/mol. The van der Waals surface area contributed by atoms with Gasteiger partial charge in [-0.15, -0.1) is 0 Å². The molecule has 1 aromatic rings. The van der Waals surface area contributed by atoms with E-state index in [0.717, 1.165) is 0 Å². The van der Waals surface area contributed by atoms with Gasteiger partial charge in [0, 0.05) is 31.2 Å².